The second kappa shape index (κ2) is 17.6. The molecule has 1 rings (SSSR count). The third kappa shape index (κ3) is 14.2. The molecule has 0 saturated heterocycles. The molecule has 1 nitrogen and oxygen atoms in total. The van der Waals surface area contributed by atoms with Crippen LogP contribution in [0.25, 0.3) is 0 Å². The average Bonchev–Trinajstić information content (AvgIpc) is 2.43. The van der Waals surface area contributed by atoms with Crippen molar-refractivity contribution >= 4 is 0 Å². The molecule has 0 unspecified atom stereocenters. The van der Waals surface area contributed by atoms with E-state index in [0.29, 0.717) is 0 Å². The van der Waals surface area contributed by atoms with Crippen molar-refractivity contribution in [1.82, 2.24) is 0 Å². The predicted octanol–water partition coefficient (Wildman–Crippen LogP) is 5.03. The average molecular weight is 247 g/mol. The van der Waals surface area contributed by atoms with Crippen LogP contribution in [-0.2, 0) is 6.42 Å². The van der Waals surface area contributed by atoms with Crippen molar-refractivity contribution in [3.05, 3.63) is 74.0 Å². The molecule has 0 aliphatic rings. The second-order valence-electron chi connectivity index (χ2n) is 3.15. The van der Waals surface area contributed by atoms with Crippen LogP contribution in [0.15, 0.2) is 62.9 Å². The van der Waals surface area contributed by atoms with E-state index in [-0.39, 0.29) is 0 Å². The van der Waals surface area contributed by atoms with Crippen LogP contribution in [0.2, 0.25) is 0 Å². The molecule has 2 N–H and O–H groups in total. The summed E-state index contributed by atoms with van der Waals surface area (Å²) < 4.78 is 0. The summed E-state index contributed by atoms with van der Waals surface area (Å²) in [5.74, 6) is 0. The third-order valence-corrected chi connectivity index (χ3v) is 1.82. The maximum absolute atomic E-state index is 5.48. The summed E-state index contributed by atoms with van der Waals surface area (Å²) in [6, 6.07) is 8.48. The van der Waals surface area contributed by atoms with Crippen LogP contribution in [0.4, 0.5) is 0 Å². The fourth-order valence-electron chi connectivity index (χ4n) is 1.17. The van der Waals surface area contributed by atoms with Gasteiger partial charge in [-0.1, -0.05) is 50.3 Å². The SMILES string of the molecule is C=C.C=C.C=C(N)CCc1cccc(C)c1.CC. The van der Waals surface area contributed by atoms with Gasteiger partial charge < -0.3 is 5.73 Å². The van der Waals surface area contributed by atoms with Gasteiger partial charge in [-0.15, -0.1) is 26.3 Å². The molecule has 0 fully saturated rings. The van der Waals surface area contributed by atoms with Gasteiger partial charge >= 0.3 is 0 Å². The molecule has 0 saturated carbocycles. The van der Waals surface area contributed by atoms with Gasteiger partial charge in [0.05, 0.1) is 0 Å². The van der Waals surface area contributed by atoms with Gasteiger partial charge in [-0.3, -0.25) is 0 Å². The standard InChI is InChI=1S/C11H15N.C2H6.2C2H4/c1-9-4-3-5-11(8-9)7-6-10(2)12;3*1-2/h3-5,8H,2,6-7,12H2,1H3;1-2H3;2*1-2H2. The van der Waals surface area contributed by atoms with Crippen molar-refractivity contribution in [2.24, 2.45) is 5.73 Å². The first kappa shape index (κ1) is 21.5. The quantitative estimate of drug-likeness (QED) is 0.745. The Labute approximate surface area is 114 Å². The summed E-state index contributed by atoms with van der Waals surface area (Å²) in [4.78, 5) is 0. The number of benzene rings is 1. The number of hydrogen-bond donors (Lipinski definition) is 1. The monoisotopic (exact) mass is 247 g/mol. The van der Waals surface area contributed by atoms with E-state index in [4.69, 9.17) is 5.73 Å². The van der Waals surface area contributed by atoms with E-state index in [1.165, 1.54) is 11.1 Å². The summed E-state index contributed by atoms with van der Waals surface area (Å²) in [7, 11) is 0. The Balaban J connectivity index is -0.000000328. The van der Waals surface area contributed by atoms with Gasteiger partial charge in [0.15, 0.2) is 0 Å². The normalized spacial score (nSPS) is 7.28. The zero-order valence-corrected chi connectivity index (χ0v) is 12.3. The molecule has 0 heterocycles. The zero-order valence-electron chi connectivity index (χ0n) is 12.3. The maximum atomic E-state index is 5.48. The lowest BCUT2D eigenvalue weighted by Gasteiger charge is -2.01. The van der Waals surface area contributed by atoms with E-state index in [9.17, 15) is 0 Å². The highest BCUT2D eigenvalue weighted by Crippen LogP contribution is 2.07. The first-order valence-corrected chi connectivity index (χ1v) is 6.17. The summed E-state index contributed by atoms with van der Waals surface area (Å²) in [5.41, 5.74) is 8.88. The number of aryl methyl sites for hydroxylation is 2. The van der Waals surface area contributed by atoms with E-state index in [2.05, 4.69) is 64.1 Å². The molecule has 102 valence electrons. The Morgan fingerprint density at radius 1 is 1.11 bits per heavy atom. The van der Waals surface area contributed by atoms with Crippen molar-refractivity contribution in [2.75, 3.05) is 0 Å². The highest BCUT2D eigenvalue weighted by atomic mass is 14.5. The van der Waals surface area contributed by atoms with Gasteiger partial charge in [0.2, 0.25) is 0 Å². The lowest BCUT2D eigenvalue weighted by atomic mass is 10.1. The molecule has 0 bridgehead atoms. The van der Waals surface area contributed by atoms with Crippen molar-refractivity contribution in [1.29, 1.82) is 0 Å². The number of rotatable bonds is 3. The van der Waals surface area contributed by atoms with Crippen molar-refractivity contribution in [3.8, 4) is 0 Å². The minimum atomic E-state index is 0.761. The van der Waals surface area contributed by atoms with E-state index >= 15 is 0 Å². The van der Waals surface area contributed by atoms with Crippen LogP contribution in [-0.4, -0.2) is 0 Å². The maximum Gasteiger partial charge on any atom is 0.00108 e. The number of nitrogens with two attached hydrogens (primary N) is 1. The van der Waals surface area contributed by atoms with Crippen molar-refractivity contribution < 1.29 is 0 Å². The minimum absolute atomic E-state index is 0.761. The van der Waals surface area contributed by atoms with Gasteiger partial charge in [-0.05, 0) is 25.3 Å². The van der Waals surface area contributed by atoms with Crippen LogP contribution in [0, 0.1) is 6.92 Å². The molecule has 0 aromatic heterocycles. The van der Waals surface area contributed by atoms with E-state index < -0.39 is 0 Å². The van der Waals surface area contributed by atoms with Crippen molar-refractivity contribution in [2.45, 2.75) is 33.6 Å². The molecular formula is C17H29N. The van der Waals surface area contributed by atoms with Gasteiger partial charge in [0.1, 0.15) is 0 Å². The molecule has 18 heavy (non-hydrogen) atoms. The third-order valence-electron chi connectivity index (χ3n) is 1.82. The van der Waals surface area contributed by atoms with Crippen LogP contribution in [0.5, 0.6) is 0 Å². The largest absolute Gasteiger partial charge is 0.403 e. The highest BCUT2D eigenvalue weighted by molar-refractivity contribution is 5.22. The Morgan fingerprint density at radius 3 is 2.00 bits per heavy atom. The lowest BCUT2D eigenvalue weighted by Crippen LogP contribution is -1.96. The van der Waals surface area contributed by atoms with E-state index in [1.54, 1.807) is 0 Å². The van der Waals surface area contributed by atoms with Gasteiger partial charge in [-0.2, -0.15) is 0 Å². The summed E-state index contributed by atoms with van der Waals surface area (Å²) >= 11 is 0. The molecule has 0 aliphatic heterocycles. The Kier molecular flexibility index (Phi) is 21.1. The topological polar surface area (TPSA) is 26.0 Å². The van der Waals surface area contributed by atoms with Crippen LogP contribution >= 0.6 is 0 Å². The summed E-state index contributed by atoms with van der Waals surface area (Å²) in [6.45, 7) is 21.8. The minimum Gasteiger partial charge on any atom is -0.403 e. The van der Waals surface area contributed by atoms with Crippen LogP contribution < -0.4 is 5.73 Å². The van der Waals surface area contributed by atoms with E-state index in [1.807, 2.05) is 13.8 Å². The first-order chi connectivity index (χ1) is 8.68. The predicted molar refractivity (Wildman–Crippen MR) is 86.7 cm³/mol. The van der Waals surface area contributed by atoms with Gasteiger partial charge in [0.25, 0.3) is 0 Å². The molecule has 0 amide bonds. The van der Waals surface area contributed by atoms with Crippen LogP contribution in [0.1, 0.15) is 31.4 Å². The molecule has 0 radical (unpaired) electrons. The molecule has 1 heteroatoms. The molecule has 1 aromatic carbocycles. The molecule has 0 spiro atoms. The lowest BCUT2D eigenvalue weighted by molar-refractivity contribution is 0.930. The Bertz CT molecular complexity index is 300. The highest BCUT2D eigenvalue weighted by Gasteiger charge is 1.93. The van der Waals surface area contributed by atoms with Crippen molar-refractivity contribution in [3.63, 3.8) is 0 Å². The fraction of sp³-hybridized carbons (Fsp3) is 0.294. The summed E-state index contributed by atoms with van der Waals surface area (Å²) in [5, 5.41) is 0. The number of allylic oxidation sites excluding steroid dienone is 1. The van der Waals surface area contributed by atoms with E-state index in [0.717, 1.165) is 18.5 Å². The molecule has 0 atom stereocenters. The van der Waals surface area contributed by atoms with Gasteiger partial charge in [0, 0.05) is 5.70 Å². The van der Waals surface area contributed by atoms with Crippen LogP contribution in [0.3, 0.4) is 0 Å². The Morgan fingerprint density at radius 2 is 1.61 bits per heavy atom. The zero-order chi connectivity index (χ0) is 15.0. The first-order valence-electron chi connectivity index (χ1n) is 6.17. The fourth-order valence-corrected chi connectivity index (χ4v) is 1.17. The number of hydrogen-bond acceptors (Lipinski definition) is 1. The Hall–Kier alpha value is -1.76. The molecule has 0 aliphatic carbocycles. The van der Waals surface area contributed by atoms with Gasteiger partial charge in [-0.25, -0.2) is 0 Å². The molecular weight excluding hydrogens is 218 g/mol. The smallest absolute Gasteiger partial charge is 0.00108 e. The molecule has 1 aromatic rings. The summed E-state index contributed by atoms with van der Waals surface area (Å²) in [6.07, 6.45) is 1.88. The second-order valence-corrected chi connectivity index (χ2v) is 3.15.